The molecule has 2 nitrogen and oxygen atoms in total. The van der Waals surface area contributed by atoms with E-state index >= 15 is 0 Å². The number of hydrogen-bond donors (Lipinski definition) is 0. The van der Waals surface area contributed by atoms with Crippen molar-refractivity contribution in [2.24, 2.45) is 0 Å². The molecule has 0 fully saturated rings. The molecule has 0 heterocycles. The fourth-order valence-electron chi connectivity index (χ4n) is 0.454. The molecular formula is C8H12O2. The molecular weight excluding hydrogens is 128 g/mol. The van der Waals surface area contributed by atoms with Gasteiger partial charge < -0.3 is 0 Å². The summed E-state index contributed by atoms with van der Waals surface area (Å²) >= 11 is 0. The van der Waals surface area contributed by atoms with Gasteiger partial charge in [-0.3, -0.25) is 0 Å². The van der Waals surface area contributed by atoms with Gasteiger partial charge in [0, 0.05) is 0 Å². The minimum Gasteiger partial charge on any atom is -0.239 e. The van der Waals surface area contributed by atoms with Crippen LogP contribution in [0.2, 0.25) is 0 Å². The highest BCUT2D eigenvalue weighted by atomic mass is 17.2. The zero-order chi connectivity index (χ0) is 8.04. The van der Waals surface area contributed by atoms with Crippen molar-refractivity contribution >= 4 is 0 Å². The van der Waals surface area contributed by atoms with Crippen LogP contribution in [0.5, 0.6) is 0 Å². The largest absolute Gasteiger partial charge is 0.239 e. The van der Waals surface area contributed by atoms with Gasteiger partial charge in [-0.05, 0) is 19.9 Å². The second kappa shape index (κ2) is 4.10. The molecule has 0 radical (unpaired) electrons. The lowest BCUT2D eigenvalue weighted by Gasteiger charge is -2.14. The van der Waals surface area contributed by atoms with Crippen molar-refractivity contribution in [1.82, 2.24) is 0 Å². The van der Waals surface area contributed by atoms with Crippen molar-refractivity contribution in [2.75, 3.05) is 7.11 Å². The third-order valence-corrected chi connectivity index (χ3v) is 0.767. The summed E-state index contributed by atoms with van der Waals surface area (Å²) in [5.74, 6) is 5.48. The second-order valence-corrected chi connectivity index (χ2v) is 2.23. The standard InChI is InChI=1S/C8H12O2/c1-5-6-7-8(2,3)10-9-4/h5H,1H2,2-4H3. The predicted octanol–water partition coefficient (Wildman–Crippen LogP) is 1.53. The normalized spacial score (nSPS) is 9.90. The smallest absolute Gasteiger partial charge is 0.158 e. The minimum atomic E-state index is -0.553. The lowest BCUT2D eigenvalue weighted by atomic mass is 10.1. The van der Waals surface area contributed by atoms with Crippen LogP contribution >= 0.6 is 0 Å². The Morgan fingerprint density at radius 1 is 1.50 bits per heavy atom. The van der Waals surface area contributed by atoms with Crippen LogP contribution in [0.4, 0.5) is 0 Å². The first-order valence-electron chi connectivity index (χ1n) is 2.98. The number of allylic oxidation sites excluding steroid dienone is 1. The zero-order valence-corrected chi connectivity index (χ0v) is 6.60. The topological polar surface area (TPSA) is 18.5 Å². The van der Waals surface area contributed by atoms with Gasteiger partial charge in [0.15, 0.2) is 5.60 Å². The molecule has 0 spiro atoms. The van der Waals surface area contributed by atoms with Crippen LogP contribution in [0.25, 0.3) is 0 Å². The van der Waals surface area contributed by atoms with Gasteiger partial charge in [-0.2, -0.15) is 0 Å². The molecule has 0 aromatic rings. The summed E-state index contributed by atoms with van der Waals surface area (Å²) in [6, 6.07) is 0. The highest BCUT2D eigenvalue weighted by molar-refractivity contribution is 5.18. The summed E-state index contributed by atoms with van der Waals surface area (Å²) in [6.45, 7) is 7.08. The van der Waals surface area contributed by atoms with Gasteiger partial charge in [0.2, 0.25) is 0 Å². The van der Waals surface area contributed by atoms with Crippen LogP contribution in [0.3, 0.4) is 0 Å². The summed E-state index contributed by atoms with van der Waals surface area (Å²) in [4.78, 5) is 9.28. The molecule has 0 atom stereocenters. The molecule has 0 aliphatic carbocycles. The fourth-order valence-corrected chi connectivity index (χ4v) is 0.454. The molecule has 0 saturated carbocycles. The molecule has 0 aliphatic heterocycles. The molecule has 0 rings (SSSR count). The van der Waals surface area contributed by atoms with E-state index in [0.29, 0.717) is 0 Å². The molecule has 0 aromatic carbocycles. The SMILES string of the molecule is C=CC#CC(C)(C)OOC. The monoisotopic (exact) mass is 140 g/mol. The van der Waals surface area contributed by atoms with Gasteiger partial charge in [-0.25, -0.2) is 9.78 Å². The van der Waals surface area contributed by atoms with Gasteiger partial charge in [0.25, 0.3) is 0 Å². The lowest BCUT2D eigenvalue weighted by Crippen LogP contribution is -2.21. The van der Waals surface area contributed by atoms with E-state index in [1.165, 1.54) is 13.2 Å². The average molecular weight is 140 g/mol. The van der Waals surface area contributed by atoms with E-state index in [-0.39, 0.29) is 0 Å². The highest BCUT2D eigenvalue weighted by Gasteiger charge is 2.14. The Kier molecular flexibility index (Phi) is 3.78. The maximum absolute atomic E-state index is 4.81. The van der Waals surface area contributed by atoms with Gasteiger partial charge >= 0.3 is 0 Å². The maximum atomic E-state index is 4.81. The number of rotatable bonds is 2. The molecule has 0 aliphatic rings. The van der Waals surface area contributed by atoms with Crippen molar-refractivity contribution in [3.63, 3.8) is 0 Å². The van der Waals surface area contributed by atoms with Crippen LogP contribution in [0.1, 0.15) is 13.8 Å². The molecule has 0 aromatic heterocycles. The Morgan fingerprint density at radius 3 is 2.50 bits per heavy atom. The Hall–Kier alpha value is -0.780. The minimum absolute atomic E-state index is 0.553. The summed E-state index contributed by atoms with van der Waals surface area (Å²) in [5.41, 5.74) is -0.553. The van der Waals surface area contributed by atoms with E-state index in [4.69, 9.17) is 4.89 Å². The molecule has 10 heavy (non-hydrogen) atoms. The van der Waals surface area contributed by atoms with Gasteiger partial charge in [-0.15, -0.1) is 0 Å². The van der Waals surface area contributed by atoms with E-state index in [0.717, 1.165) is 0 Å². The average Bonchev–Trinajstić information content (AvgIpc) is 1.84. The van der Waals surface area contributed by atoms with E-state index in [1.54, 1.807) is 0 Å². The lowest BCUT2D eigenvalue weighted by molar-refractivity contribution is -0.318. The van der Waals surface area contributed by atoms with Crippen molar-refractivity contribution < 1.29 is 9.78 Å². The van der Waals surface area contributed by atoms with Crippen LogP contribution in [-0.4, -0.2) is 12.7 Å². The molecule has 0 bridgehead atoms. The molecule has 0 saturated heterocycles. The zero-order valence-electron chi connectivity index (χ0n) is 6.60. The third-order valence-electron chi connectivity index (χ3n) is 0.767. The van der Waals surface area contributed by atoms with Crippen molar-refractivity contribution in [1.29, 1.82) is 0 Å². The Balaban J connectivity index is 3.97. The summed E-state index contributed by atoms with van der Waals surface area (Å²) < 4.78 is 0. The van der Waals surface area contributed by atoms with Gasteiger partial charge in [0.05, 0.1) is 7.11 Å². The van der Waals surface area contributed by atoms with Crippen LogP contribution in [0, 0.1) is 11.8 Å². The first kappa shape index (κ1) is 9.22. The van der Waals surface area contributed by atoms with E-state index in [2.05, 4.69) is 23.3 Å². The Labute approximate surface area is 61.8 Å². The van der Waals surface area contributed by atoms with Crippen molar-refractivity contribution in [2.45, 2.75) is 19.4 Å². The Morgan fingerprint density at radius 2 is 2.10 bits per heavy atom. The molecule has 0 unspecified atom stereocenters. The van der Waals surface area contributed by atoms with E-state index in [9.17, 15) is 0 Å². The third kappa shape index (κ3) is 4.13. The molecule has 0 N–H and O–H groups in total. The van der Waals surface area contributed by atoms with Crippen LogP contribution < -0.4 is 0 Å². The quantitative estimate of drug-likeness (QED) is 0.329. The molecule has 56 valence electrons. The first-order valence-corrected chi connectivity index (χ1v) is 2.98. The summed E-state index contributed by atoms with van der Waals surface area (Å²) in [6.07, 6.45) is 1.51. The van der Waals surface area contributed by atoms with E-state index in [1.807, 2.05) is 13.8 Å². The maximum Gasteiger partial charge on any atom is 0.158 e. The predicted molar refractivity (Wildman–Crippen MR) is 40.1 cm³/mol. The molecule has 2 heteroatoms. The number of hydrogen-bond acceptors (Lipinski definition) is 2. The fraction of sp³-hybridized carbons (Fsp3) is 0.500. The van der Waals surface area contributed by atoms with Crippen LogP contribution in [-0.2, 0) is 9.78 Å². The Bertz CT molecular complexity index is 160. The highest BCUT2D eigenvalue weighted by Crippen LogP contribution is 2.05. The van der Waals surface area contributed by atoms with Gasteiger partial charge in [0.1, 0.15) is 0 Å². The van der Waals surface area contributed by atoms with E-state index < -0.39 is 5.60 Å². The van der Waals surface area contributed by atoms with Crippen LogP contribution in [0.15, 0.2) is 12.7 Å². The summed E-state index contributed by atoms with van der Waals surface area (Å²) in [7, 11) is 1.46. The van der Waals surface area contributed by atoms with Gasteiger partial charge in [-0.1, -0.05) is 18.4 Å². The second-order valence-electron chi connectivity index (χ2n) is 2.23. The van der Waals surface area contributed by atoms with Crippen molar-refractivity contribution in [3.05, 3.63) is 12.7 Å². The molecule has 0 amide bonds. The first-order chi connectivity index (χ1) is 4.62. The summed E-state index contributed by atoms with van der Waals surface area (Å²) in [5, 5.41) is 0. The van der Waals surface area contributed by atoms with Crippen molar-refractivity contribution in [3.8, 4) is 11.8 Å².